The topological polar surface area (TPSA) is 70.8 Å². The Kier molecular flexibility index (Phi) is 6.88. The van der Waals surface area contributed by atoms with Crippen LogP contribution < -0.4 is 10.2 Å². The van der Waals surface area contributed by atoms with Crippen molar-refractivity contribution < 1.29 is 18.4 Å². The van der Waals surface area contributed by atoms with Crippen molar-refractivity contribution in [2.24, 2.45) is 5.92 Å². The van der Waals surface area contributed by atoms with Crippen molar-refractivity contribution in [1.29, 1.82) is 0 Å². The number of aromatic nitrogens is 1. The first-order chi connectivity index (χ1) is 15.3. The Hall–Kier alpha value is -2.35. The molecular weight excluding hydrogens is 411 g/mol. The van der Waals surface area contributed by atoms with Crippen molar-refractivity contribution in [1.82, 2.24) is 15.4 Å². The van der Waals surface area contributed by atoms with E-state index in [2.05, 4.69) is 20.3 Å². The summed E-state index contributed by atoms with van der Waals surface area (Å²) in [5, 5.41) is 7.95. The monoisotopic (exact) mass is 446 g/mol. The van der Waals surface area contributed by atoms with Crippen molar-refractivity contribution in [2.45, 2.75) is 64.5 Å². The number of fused-ring (bicyclic) bond motifs is 1. The molecule has 0 radical (unpaired) electrons. The lowest BCUT2D eigenvalue weighted by Crippen LogP contribution is -2.47. The number of rotatable bonds is 5. The number of anilines is 1. The van der Waals surface area contributed by atoms with Crippen LogP contribution in [0.2, 0.25) is 0 Å². The van der Waals surface area contributed by atoms with E-state index in [9.17, 15) is 9.18 Å². The van der Waals surface area contributed by atoms with Gasteiger partial charge in [0.2, 0.25) is 0 Å². The van der Waals surface area contributed by atoms with Crippen LogP contribution in [0.1, 0.15) is 52.9 Å². The lowest BCUT2D eigenvalue weighted by molar-refractivity contribution is 0.0486. The average molecular weight is 447 g/mol. The maximum Gasteiger partial charge on any atom is 0.407 e. The second-order valence-corrected chi connectivity index (χ2v) is 10.1. The smallest absolute Gasteiger partial charge is 0.407 e. The van der Waals surface area contributed by atoms with E-state index in [1.54, 1.807) is 6.07 Å². The molecule has 1 amide bonds. The highest BCUT2D eigenvalue weighted by Gasteiger charge is 2.26. The van der Waals surface area contributed by atoms with Crippen molar-refractivity contribution in [2.75, 3.05) is 37.6 Å². The van der Waals surface area contributed by atoms with Gasteiger partial charge in [0.15, 0.2) is 11.4 Å². The average Bonchev–Trinajstić information content (AvgIpc) is 3.15. The molecule has 7 nitrogen and oxygen atoms in total. The van der Waals surface area contributed by atoms with Gasteiger partial charge >= 0.3 is 6.09 Å². The fourth-order valence-corrected chi connectivity index (χ4v) is 4.74. The Bertz CT molecular complexity index is 910. The van der Waals surface area contributed by atoms with E-state index in [-0.39, 0.29) is 18.0 Å². The zero-order chi connectivity index (χ0) is 22.7. The number of halogens is 1. The van der Waals surface area contributed by atoms with Crippen LogP contribution in [-0.4, -0.2) is 60.5 Å². The van der Waals surface area contributed by atoms with Gasteiger partial charge in [-0.1, -0.05) is 5.16 Å². The van der Waals surface area contributed by atoms with Gasteiger partial charge < -0.3 is 19.5 Å². The number of carbonyl (C=O) groups excluding carboxylic acids is 1. The maximum absolute atomic E-state index is 13.6. The Balaban J connectivity index is 1.17. The number of piperazine rings is 1. The number of benzene rings is 1. The van der Waals surface area contributed by atoms with Crippen molar-refractivity contribution >= 4 is 22.9 Å². The number of amides is 1. The predicted octanol–water partition coefficient (Wildman–Crippen LogP) is 4.56. The predicted molar refractivity (Wildman–Crippen MR) is 122 cm³/mol. The molecule has 1 aliphatic heterocycles. The van der Waals surface area contributed by atoms with E-state index < -0.39 is 5.60 Å². The Morgan fingerprint density at radius 2 is 1.91 bits per heavy atom. The third kappa shape index (κ3) is 5.91. The zero-order valence-corrected chi connectivity index (χ0v) is 19.4. The molecule has 0 spiro atoms. The van der Waals surface area contributed by atoms with Crippen LogP contribution in [0.15, 0.2) is 22.7 Å². The van der Waals surface area contributed by atoms with Gasteiger partial charge in [-0.05, 0) is 83.5 Å². The summed E-state index contributed by atoms with van der Waals surface area (Å²) < 4.78 is 24.4. The minimum absolute atomic E-state index is 0.228. The first-order valence-corrected chi connectivity index (χ1v) is 11.8. The second-order valence-electron chi connectivity index (χ2n) is 10.1. The van der Waals surface area contributed by atoms with Gasteiger partial charge in [0, 0.05) is 32.2 Å². The summed E-state index contributed by atoms with van der Waals surface area (Å²) >= 11 is 0. The minimum atomic E-state index is -0.456. The van der Waals surface area contributed by atoms with E-state index in [1.807, 2.05) is 20.8 Å². The Morgan fingerprint density at radius 1 is 1.19 bits per heavy atom. The van der Waals surface area contributed by atoms with E-state index in [4.69, 9.17) is 9.26 Å². The largest absolute Gasteiger partial charge is 0.444 e. The zero-order valence-electron chi connectivity index (χ0n) is 19.4. The number of ether oxygens (including phenoxy) is 1. The van der Waals surface area contributed by atoms with Crippen LogP contribution in [0.4, 0.5) is 15.0 Å². The summed E-state index contributed by atoms with van der Waals surface area (Å²) in [6.45, 7) is 10.4. The highest BCUT2D eigenvalue weighted by Crippen LogP contribution is 2.29. The van der Waals surface area contributed by atoms with E-state index in [1.165, 1.54) is 18.6 Å². The summed E-state index contributed by atoms with van der Waals surface area (Å²) in [6, 6.07) is 4.76. The Labute approximate surface area is 189 Å². The molecule has 1 aliphatic carbocycles. The first kappa shape index (κ1) is 22.8. The number of carbonyl (C=O) groups is 1. The molecule has 1 saturated carbocycles. The van der Waals surface area contributed by atoms with Gasteiger partial charge in [0.05, 0.1) is 5.39 Å². The molecule has 32 heavy (non-hydrogen) atoms. The fourth-order valence-electron chi connectivity index (χ4n) is 4.74. The highest BCUT2D eigenvalue weighted by molar-refractivity contribution is 5.88. The number of hydrogen-bond acceptors (Lipinski definition) is 6. The van der Waals surface area contributed by atoms with Crippen molar-refractivity contribution in [3.05, 3.63) is 24.0 Å². The Morgan fingerprint density at radius 3 is 2.59 bits per heavy atom. The van der Waals surface area contributed by atoms with Crippen LogP contribution >= 0.6 is 0 Å². The molecule has 176 valence electrons. The van der Waals surface area contributed by atoms with Gasteiger partial charge in [-0.2, -0.15) is 0 Å². The molecule has 0 unspecified atom stereocenters. The van der Waals surface area contributed by atoms with Crippen molar-refractivity contribution in [3.63, 3.8) is 0 Å². The number of alkyl carbamates (subject to hydrolysis) is 1. The summed E-state index contributed by atoms with van der Waals surface area (Å²) in [4.78, 5) is 16.7. The normalized spacial score (nSPS) is 22.8. The molecule has 8 heteroatoms. The van der Waals surface area contributed by atoms with Crippen LogP contribution in [-0.2, 0) is 4.74 Å². The quantitative estimate of drug-likeness (QED) is 0.726. The minimum Gasteiger partial charge on any atom is -0.444 e. The summed E-state index contributed by atoms with van der Waals surface area (Å²) in [6.07, 6.45) is 5.23. The summed E-state index contributed by atoms with van der Waals surface area (Å²) in [5.41, 5.74) is 0.169. The molecule has 1 N–H and O–H groups in total. The molecule has 4 rings (SSSR count). The van der Waals surface area contributed by atoms with Gasteiger partial charge in [-0.15, -0.1) is 0 Å². The van der Waals surface area contributed by atoms with Gasteiger partial charge in [0.25, 0.3) is 0 Å². The lowest BCUT2D eigenvalue weighted by Gasteiger charge is -2.36. The third-order valence-corrected chi connectivity index (χ3v) is 6.51. The third-order valence-electron chi connectivity index (χ3n) is 6.51. The second kappa shape index (κ2) is 9.65. The fraction of sp³-hybridized carbons (Fsp3) is 0.667. The van der Waals surface area contributed by atoms with Crippen LogP contribution in [0.25, 0.3) is 11.0 Å². The number of nitrogens with zero attached hydrogens (tertiary/aromatic N) is 3. The van der Waals surface area contributed by atoms with Crippen molar-refractivity contribution in [3.8, 4) is 0 Å². The number of nitrogens with one attached hydrogen (secondary N) is 1. The summed E-state index contributed by atoms with van der Waals surface area (Å²) in [7, 11) is 0. The molecule has 0 bridgehead atoms. The van der Waals surface area contributed by atoms with Crippen LogP contribution in [0.3, 0.4) is 0 Å². The summed E-state index contributed by atoms with van der Waals surface area (Å²) in [5.74, 6) is 1.19. The van der Waals surface area contributed by atoms with Gasteiger partial charge in [0.1, 0.15) is 11.4 Å². The molecule has 1 saturated heterocycles. The molecular formula is C24H35FN4O3. The van der Waals surface area contributed by atoms with E-state index >= 15 is 0 Å². The van der Waals surface area contributed by atoms with E-state index in [0.29, 0.717) is 11.5 Å². The molecule has 2 fully saturated rings. The number of hydrogen-bond donors (Lipinski definition) is 1. The van der Waals surface area contributed by atoms with Gasteiger partial charge in [-0.3, -0.25) is 4.90 Å². The molecule has 2 heterocycles. The standard InChI is InChI=1S/C24H35FN4O3/c1-24(2,3)31-23(30)26-19-7-4-17(5-8-19)10-11-28-12-14-29(15-13-28)22-20-16-18(25)6-9-21(20)32-27-22/h6,9,16-17,19H,4-5,7-8,10-15H2,1-3H3,(H,26,30)/t17-,19-. The molecule has 2 aromatic rings. The maximum atomic E-state index is 13.6. The molecule has 1 aromatic carbocycles. The van der Waals surface area contributed by atoms with E-state index in [0.717, 1.165) is 69.6 Å². The lowest BCUT2D eigenvalue weighted by atomic mass is 9.84. The highest BCUT2D eigenvalue weighted by atomic mass is 19.1. The molecule has 1 aromatic heterocycles. The molecule has 0 atom stereocenters. The van der Waals surface area contributed by atoms with Crippen LogP contribution in [0.5, 0.6) is 0 Å². The molecule has 2 aliphatic rings. The van der Waals surface area contributed by atoms with Crippen LogP contribution in [0, 0.1) is 11.7 Å². The SMILES string of the molecule is CC(C)(C)OC(=O)N[C@H]1CC[C@H](CCN2CCN(c3noc4ccc(F)cc34)CC2)CC1. The first-order valence-electron chi connectivity index (χ1n) is 11.8. The van der Waals surface area contributed by atoms with Gasteiger partial charge in [-0.25, -0.2) is 9.18 Å².